The average Bonchev–Trinajstić information content (AvgIpc) is 3.24. The summed E-state index contributed by atoms with van der Waals surface area (Å²) in [6.07, 6.45) is 2.30. The molecule has 1 unspecified atom stereocenters. The maximum absolute atomic E-state index is 15.2. The summed E-state index contributed by atoms with van der Waals surface area (Å²) in [4.78, 5) is 19.6. The van der Waals surface area contributed by atoms with Crippen molar-refractivity contribution in [2.24, 2.45) is 0 Å². The number of halogens is 5. The van der Waals surface area contributed by atoms with E-state index >= 15 is 4.39 Å². The molecule has 0 aliphatic heterocycles. The molecule has 4 aromatic rings. The molecule has 1 atom stereocenters. The fraction of sp³-hybridized carbons (Fsp3) is 0.130. The molecule has 0 saturated carbocycles. The molecule has 2 aromatic carbocycles. The van der Waals surface area contributed by atoms with Crippen LogP contribution >= 0.6 is 0 Å². The molecular formula is C23H17F5N6O2. The van der Waals surface area contributed by atoms with Gasteiger partial charge in [-0.05, 0) is 25.1 Å². The highest BCUT2D eigenvalue weighted by atomic mass is 19.2. The minimum absolute atomic E-state index is 0.00248. The fourth-order valence-corrected chi connectivity index (χ4v) is 3.41. The third-order valence-corrected chi connectivity index (χ3v) is 5.18. The summed E-state index contributed by atoms with van der Waals surface area (Å²) in [5.41, 5.74) is 6.22. The molecule has 36 heavy (non-hydrogen) atoms. The number of nitrogens with one attached hydrogen (secondary N) is 1. The predicted octanol–water partition coefficient (Wildman–Crippen LogP) is 4.43. The second-order valence-electron chi connectivity index (χ2n) is 7.59. The summed E-state index contributed by atoms with van der Waals surface area (Å²) in [5, 5.41) is 7.25. The molecule has 3 N–H and O–H groups in total. The van der Waals surface area contributed by atoms with E-state index in [1.54, 1.807) is 6.92 Å². The molecular weight excluding hydrogens is 487 g/mol. The van der Waals surface area contributed by atoms with E-state index in [0.717, 1.165) is 18.2 Å². The number of carbonyl (C=O) groups excluding carboxylic acids is 1. The molecule has 2 aromatic heterocycles. The Bertz CT molecular complexity index is 1480. The molecule has 0 aliphatic rings. The molecule has 4 rings (SSSR count). The maximum Gasteiger partial charge on any atom is 0.243 e. The third kappa shape index (κ3) is 4.42. The van der Waals surface area contributed by atoms with Crippen molar-refractivity contribution in [1.82, 2.24) is 25.1 Å². The molecule has 8 nitrogen and oxygen atoms in total. The molecule has 186 valence electrons. The topological polar surface area (TPSA) is 108 Å². The zero-order chi connectivity index (χ0) is 26.1. The summed E-state index contributed by atoms with van der Waals surface area (Å²) >= 11 is 0. The van der Waals surface area contributed by atoms with Gasteiger partial charge in [-0.1, -0.05) is 6.58 Å². The van der Waals surface area contributed by atoms with Crippen molar-refractivity contribution < 1.29 is 31.5 Å². The minimum Gasteiger partial charge on any atom is -0.451 e. The van der Waals surface area contributed by atoms with E-state index in [0.29, 0.717) is 0 Å². The lowest BCUT2D eigenvalue weighted by Gasteiger charge is -2.13. The van der Waals surface area contributed by atoms with Gasteiger partial charge in [0.1, 0.15) is 29.4 Å². The zero-order valence-electron chi connectivity index (χ0n) is 18.5. The van der Waals surface area contributed by atoms with E-state index in [1.807, 2.05) is 0 Å². The van der Waals surface area contributed by atoms with Crippen LogP contribution in [0.5, 0.6) is 11.5 Å². The van der Waals surface area contributed by atoms with Crippen molar-refractivity contribution in [3.8, 4) is 22.8 Å². The summed E-state index contributed by atoms with van der Waals surface area (Å²) in [5.74, 6) is -10.0. The Labute approximate surface area is 200 Å². The molecule has 0 aliphatic carbocycles. The van der Waals surface area contributed by atoms with Gasteiger partial charge in [-0.3, -0.25) is 4.79 Å². The summed E-state index contributed by atoms with van der Waals surface area (Å²) < 4.78 is 76.3. The van der Waals surface area contributed by atoms with Crippen LogP contribution in [0.4, 0.5) is 27.8 Å². The summed E-state index contributed by atoms with van der Waals surface area (Å²) in [6, 6.07) is 2.64. The number of nitrogens with zero attached hydrogens (tertiary/aromatic N) is 4. The lowest BCUT2D eigenvalue weighted by Crippen LogP contribution is -2.28. The van der Waals surface area contributed by atoms with Crippen molar-refractivity contribution in [3.05, 3.63) is 72.3 Å². The van der Waals surface area contributed by atoms with Crippen LogP contribution in [-0.2, 0) is 4.79 Å². The number of carbonyl (C=O) groups is 1. The van der Waals surface area contributed by atoms with Crippen LogP contribution in [0, 0.1) is 29.1 Å². The standard InChI is InChI=1S/C23H17F5N6O2/c1-3-16(35)30-8-10(2)34-23-17(22(29)31-9-32-23)20(33-34)12-5-4-11(6-13(12)24)36-21-18(27)14(25)7-15(26)19(21)28/h3-7,9-10H,1,8H2,2H3,(H,30,35)(H2,29,31,32). The lowest BCUT2D eigenvalue weighted by atomic mass is 10.1. The van der Waals surface area contributed by atoms with Crippen LogP contribution in [0.15, 0.2) is 43.2 Å². The molecule has 0 bridgehead atoms. The summed E-state index contributed by atoms with van der Waals surface area (Å²) in [7, 11) is 0. The molecule has 0 fully saturated rings. The number of nitrogen functional groups attached to an aromatic ring is 1. The number of hydrogen-bond acceptors (Lipinski definition) is 6. The number of rotatable bonds is 7. The number of fused-ring (bicyclic) bond motifs is 1. The number of nitrogens with two attached hydrogens (primary N) is 1. The smallest absolute Gasteiger partial charge is 0.243 e. The Morgan fingerprint density at radius 2 is 1.83 bits per heavy atom. The number of aromatic nitrogens is 4. The average molecular weight is 504 g/mol. The minimum atomic E-state index is -1.77. The van der Waals surface area contributed by atoms with E-state index in [2.05, 4.69) is 27.0 Å². The highest BCUT2D eigenvalue weighted by Crippen LogP contribution is 2.36. The van der Waals surface area contributed by atoms with Gasteiger partial charge in [-0.2, -0.15) is 13.9 Å². The van der Waals surface area contributed by atoms with Crippen LogP contribution < -0.4 is 15.8 Å². The van der Waals surface area contributed by atoms with Crippen molar-refractivity contribution in [2.75, 3.05) is 12.3 Å². The van der Waals surface area contributed by atoms with Crippen LogP contribution in [0.2, 0.25) is 0 Å². The van der Waals surface area contributed by atoms with E-state index in [1.165, 1.54) is 17.1 Å². The number of benzene rings is 2. The Balaban J connectivity index is 1.74. The van der Waals surface area contributed by atoms with Gasteiger partial charge in [0.05, 0.1) is 11.4 Å². The van der Waals surface area contributed by atoms with Crippen LogP contribution in [-0.4, -0.2) is 32.2 Å². The Morgan fingerprint density at radius 3 is 2.47 bits per heavy atom. The molecule has 2 heterocycles. The third-order valence-electron chi connectivity index (χ3n) is 5.18. The van der Waals surface area contributed by atoms with Gasteiger partial charge in [0.25, 0.3) is 0 Å². The van der Waals surface area contributed by atoms with Crippen LogP contribution in [0.25, 0.3) is 22.3 Å². The first kappa shape index (κ1) is 24.6. The second kappa shape index (κ2) is 9.60. The van der Waals surface area contributed by atoms with E-state index in [-0.39, 0.29) is 40.7 Å². The molecule has 0 radical (unpaired) electrons. The molecule has 0 saturated heterocycles. The highest BCUT2D eigenvalue weighted by molar-refractivity contribution is 5.98. The number of anilines is 1. The van der Waals surface area contributed by atoms with Gasteiger partial charge in [-0.25, -0.2) is 27.8 Å². The van der Waals surface area contributed by atoms with Crippen LogP contribution in [0.3, 0.4) is 0 Å². The first-order chi connectivity index (χ1) is 17.1. The maximum atomic E-state index is 15.2. The quantitative estimate of drug-likeness (QED) is 0.219. The van der Waals surface area contributed by atoms with Gasteiger partial charge in [-0.15, -0.1) is 0 Å². The predicted molar refractivity (Wildman–Crippen MR) is 119 cm³/mol. The van der Waals surface area contributed by atoms with Crippen molar-refractivity contribution in [2.45, 2.75) is 13.0 Å². The van der Waals surface area contributed by atoms with Crippen molar-refractivity contribution in [3.63, 3.8) is 0 Å². The number of amides is 1. The SMILES string of the molecule is C=CC(=O)NCC(C)n1nc(-c2ccc(Oc3c(F)c(F)cc(F)c3F)cc2F)c2c(N)ncnc21. The van der Waals surface area contributed by atoms with Gasteiger partial charge < -0.3 is 15.8 Å². The normalized spacial score (nSPS) is 11.9. The van der Waals surface area contributed by atoms with Crippen LogP contribution in [0.1, 0.15) is 13.0 Å². The highest BCUT2D eigenvalue weighted by Gasteiger charge is 2.24. The van der Waals surface area contributed by atoms with Gasteiger partial charge in [0.15, 0.2) is 17.3 Å². The number of hydrogen-bond donors (Lipinski definition) is 2. The van der Waals surface area contributed by atoms with E-state index in [9.17, 15) is 22.4 Å². The Hall–Kier alpha value is -4.55. The Kier molecular flexibility index (Phi) is 6.55. The molecule has 1 amide bonds. The monoisotopic (exact) mass is 504 g/mol. The fourth-order valence-electron chi connectivity index (χ4n) is 3.41. The van der Waals surface area contributed by atoms with Gasteiger partial charge in [0.2, 0.25) is 23.3 Å². The first-order valence-electron chi connectivity index (χ1n) is 10.3. The van der Waals surface area contributed by atoms with Gasteiger partial charge in [0, 0.05) is 24.2 Å². The lowest BCUT2D eigenvalue weighted by molar-refractivity contribution is -0.116. The summed E-state index contributed by atoms with van der Waals surface area (Å²) in [6.45, 7) is 5.24. The van der Waals surface area contributed by atoms with Crippen molar-refractivity contribution in [1.29, 1.82) is 0 Å². The first-order valence-corrected chi connectivity index (χ1v) is 10.3. The largest absolute Gasteiger partial charge is 0.451 e. The zero-order valence-corrected chi connectivity index (χ0v) is 18.5. The second-order valence-corrected chi connectivity index (χ2v) is 7.59. The van der Waals surface area contributed by atoms with Crippen molar-refractivity contribution >= 4 is 22.8 Å². The van der Waals surface area contributed by atoms with E-state index < -0.39 is 52.5 Å². The molecule has 13 heteroatoms. The van der Waals surface area contributed by atoms with E-state index in [4.69, 9.17) is 10.5 Å². The number of ether oxygens (including phenoxy) is 1. The Morgan fingerprint density at radius 1 is 1.14 bits per heavy atom. The van der Waals surface area contributed by atoms with Gasteiger partial charge >= 0.3 is 0 Å². The molecule has 0 spiro atoms.